The Morgan fingerprint density at radius 1 is 0.921 bits per heavy atom. The minimum Gasteiger partial charge on any atom is -0.493 e. The van der Waals surface area contributed by atoms with Gasteiger partial charge in [-0.15, -0.1) is 0 Å². The van der Waals surface area contributed by atoms with Crippen molar-refractivity contribution in [2.24, 2.45) is 0 Å². The van der Waals surface area contributed by atoms with Crippen LogP contribution in [0.15, 0.2) is 66.7 Å². The summed E-state index contributed by atoms with van der Waals surface area (Å²) < 4.78 is 22.5. The fourth-order valence-electron chi connectivity index (χ4n) is 4.97. The van der Waals surface area contributed by atoms with Crippen molar-refractivity contribution in [1.82, 2.24) is 10.2 Å². The van der Waals surface area contributed by atoms with Crippen molar-refractivity contribution in [2.75, 3.05) is 41.0 Å². The summed E-state index contributed by atoms with van der Waals surface area (Å²) >= 11 is 0. The molecule has 3 aromatic rings. The monoisotopic (exact) mass is 518 g/mol. The zero-order chi connectivity index (χ0) is 27.1. The van der Waals surface area contributed by atoms with Crippen LogP contribution in [0.3, 0.4) is 0 Å². The van der Waals surface area contributed by atoms with Gasteiger partial charge in [-0.25, -0.2) is 0 Å². The van der Waals surface area contributed by atoms with Crippen LogP contribution in [-0.4, -0.2) is 57.7 Å². The molecule has 0 aromatic heterocycles. The van der Waals surface area contributed by atoms with Crippen molar-refractivity contribution in [3.63, 3.8) is 0 Å². The van der Waals surface area contributed by atoms with Gasteiger partial charge in [0.05, 0.1) is 39.8 Å². The van der Waals surface area contributed by atoms with Crippen LogP contribution in [0.4, 0.5) is 0 Å². The Morgan fingerprint density at radius 2 is 1.58 bits per heavy atom. The van der Waals surface area contributed by atoms with Crippen LogP contribution in [0, 0.1) is 0 Å². The van der Waals surface area contributed by atoms with Gasteiger partial charge in [0.1, 0.15) is 12.4 Å². The van der Waals surface area contributed by atoms with Gasteiger partial charge in [0.15, 0.2) is 11.5 Å². The van der Waals surface area contributed by atoms with Crippen LogP contribution in [0.25, 0.3) is 0 Å². The maximum absolute atomic E-state index is 13.9. The standard InChI is InChI=1S/C30H34N2O6/c1-5-16-32-27(20-18-24(35-2)28(37-4)25(19-20)36-3)26(22-13-9-10-14-23(22)30(32)34)29(33)31-15-17-38-21-11-7-6-8-12-21/h6-14,18-19,26-27H,5,15-17H2,1-4H3,(H,31,33). The van der Waals surface area contributed by atoms with Gasteiger partial charge in [-0.05, 0) is 47.9 Å². The molecule has 1 aliphatic heterocycles. The van der Waals surface area contributed by atoms with E-state index in [0.29, 0.717) is 48.1 Å². The van der Waals surface area contributed by atoms with Crippen molar-refractivity contribution >= 4 is 11.8 Å². The summed E-state index contributed by atoms with van der Waals surface area (Å²) in [4.78, 5) is 29.3. The molecule has 0 radical (unpaired) electrons. The first-order valence-electron chi connectivity index (χ1n) is 12.7. The average molecular weight is 519 g/mol. The van der Waals surface area contributed by atoms with Crippen molar-refractivity contribution < 1.29 is 28.5 Å². The molecule has 2 atom stereocenters. The van der Waals surface area contributed by atoms with Gasteiger partial charge in [0.2, 0.25) is 11.7 Å². The highest BCUT2D eigenvalue weighted by molar-refractivity contribution is 6.01. The normalized spacial score (nSPS) is 16.4. The zero-order valence-corrected chi connectivity index (χ0v) is 22.2. The molecule has 2 amide bonds. The molecule has 2 unspecified atom stereocenters. The van der Waals surface area contributed by atoms with E-state index in [1.165, 1.54) is 7.11 Å². The minimum atomic E-state index is -0.657. The van der Waals surface area contributed by atoms with E-state index in [9.17, 15) is 9.59 Å². The molecule has 0 fully saturated rings. The van der Waals surface area contributed by atoms with Crippen molar-refractivity contribution in [3.8, 4) is 23.0 Å². The van der Waals surface area contributed by atoms with E-state index in [1.54, 1.807) is 25.2 Å². The molecule has 1 aliphatic rings. The lowest BCUT2D eigenvalue weighted by molar-refractivity contribution is -0.124. The second-order valence-corrected chi connectivity index (χ2v) is 8.92. The van der Waals surface area contributed by atoms with Crippen LogP contribution < -0.4 is 24.3 Å². The molecule has 200 valence electrons. The highest BCUT2D eigenvalue weighted by Crippen LogP contribution is 2.47. The number of nitrogens with zero attached hydrogens (tertiary/aromatic N) is 1. The van der Waals surface area contributed by atoms with E-state index in [2.05, 4.69) is 5.32 Å². The summed E-state index contributed by atoms with van der Waals surface area (Å²) in [6.07, 6.45) is 0.730. The zero-order valence-electron chi connectivity index (χ0n) is 22.2. The van der Waals surface area contributed by atoms with Gasteiger partial charge in [-0.1, -0.05) is 43.3 Å². The van der Waals surface area contributed by atoms with E-state index in [-0.39, 0.29) is 11.8 Å². The maximum Gasteiger partial charge on any atom is 0.254 e. The summed E-state index contributed by atoms with van der Waals surface area (Å²) in [5.74, 6) is 1.14. The van der Waals surface area contributed by atoms with Crippen LogP contribution in [0.5, 0.6) is 23.0 Å². The van der Waals surface area contributed by atoms with E-state index in [4.69, 9.17) is 18.9 Å². The number of carbonyl (C=O) groups is 2. The van der Waals surface area contributed by atoms with Crippen LogP contribution in [0.2, 0.25) is 0 Å². The Bertz CT molecular complexity index is 1240. The molecule has 8 nitrogen and oxygen atoms in total. The van der Waals surface area contributed by atoms with E-state index >= 15 is 0 Å². The Hall–Kier alpha value is -4.20. The first-order valence-corrected chi connectivity index (χ1v) is 12.7. The molecule has 0 bridgehead atoms. The van der Waals surface area contributed by atoms with Crippen molar-refractivity contribution in [1.29, 1.82) is 0 Å². The summed E-state index contributed by atoms with van der Waals surface area (Å²) in [7, 11) is 4.63. The lowest BCUT2D eigenvalue weighted by Gasteiger charge is -2.42. The number of para-hydroxylation sites is 1. The predicted molar refractivity (Wildman–Crippen MR) is 144 cm³/mol. The second kappa shape index (κ2) is 12.4. The quantitative estimate of drug-likeness (QED) is 0.374. The summed E-state index contributed by atoms with van der Waals surface area (Å²) in [5, 5.41) is 3.03. The van der Waals surface area contributed by atoms with E-state index in [1.807, 2.05) is 67.6 Å². The number of carbonyl (C=O) groups excluding carboxylic acids is 2. The first-order chi connectivity index (χ1) is 18.5. The van der Waals surface area contributed by atoms with Gasteiger partial charge in [0, 0.05) is 12.1 Å². The third kappa shape index (κ3) is 5.39. The molecule has 8 heteroatoms. The van der Waals surface area contributed by atoms with E-state index < -0.39 is 12.0 Å². The lowest BCUT2D eigenvalue weighted by Crippen LogP contribution is -2.48. The van der Waals surface area contributed by atoms with Gasteiger partial charge in [-0.2, -0.15) is 0 Å². The molecule has 3 aromatic carbocycles. The molecule has 0 spiro atoms. The summed E-state index contributed by atoms with van der Waals surface area (Å²) in [5.41, 5.74) is 1.94. The minimum absolute atomic E-state index is 0.113. The number of fused-ring (bicyclic) bond motifs is 1. The molecule has 1 heterocycles. The number of hydrogen-bond donors (Lipinski definition) is 1. The van der Waals surface area contributed by atoms with Crippen molar-refractivity contribution in [2.45, 2.75) is 25.3 Å². The van der Waals surface area contributed by atoms with Crippen LogP contribution in [-0.2, 0) is 4.79 Å². The van der Waals surface area contributed by atoms with Gasteiger partial charge >= 0.3 is 0 Å². The molecular formula is C30H34N2O6. The van der Waals surface area contributed by atoms with Gasteiger partial charge in [0.25, 0.3) is 5.91 Å². The molecule has 4 rings (SSSR count). The number of ether oxygens (including phenoxy) is 4. The highest BCUT2D eigenvalue weighted by atomic mass is 16.5. The molecular weight excluding hydrogens is 484 g/mol. The van der Waals surface area contributed by atoms with Crippen molar-refractivity contribution in [3.05, 3.63) is 83.4 Å². The molecule has 0 saturated carbocycles. The largest absolute Gasteiger partial charge is 0.493 e. The number of amides is 2. The highest BCUT2D eigenvalue weighted by Gasteiger charge is 2.44. The smallest absolute Gasteiger partial charge is 0.254 e. The number of methoxy groups -OCH3 is 3. The fraction of sp³-hybridized carbons (Fsp3) is 0.333. The Labute approximate surface area is 223 Å². The number of nitrogens with one attached hydrogen (secondary N) is 1. The first kappa shape index (κ1) is 26.9. The molecule has 1 N–H and O–H groups in total. The Morgan fingerprint density at radius 3 is 2.21 bits per heavy atom. The molecule has 0 saturated heterocycles. The number of rotatable bonds is 11. The number of hydrogen-bond acceptors (Lipinski definition) is 6. The third-order valence-corrected chi connectivity index (χ3v) is 6.63. The average Bonchev–Trinajstić information content (AvgIpc) is 2.96. The van der Waals surface area contributed by atoms with Crippen LogP contribution >= 0.6 is 0 Å². The molecule has 38 heavy (non-hydrogen) atoms. The SMILES string of the molecule is CCCN1C(=O)c2ccccc2C(C(=O)NCCOc2ccccc2)C1c1cc(OC)c(OC)c(OC)c1. The van der Waals surface area contributed by atoms with Gasteiger partial charge in [-0.3, -0.25) is 9.59 Å². The summed E-state index contributed by atoms with van der Waals surface area (Å²) in [6.45, 7) is 3.12. The van der Waals surface area contributed by atoms with Gasteiger partial charge < -0.3 is 29.2 Å². The predicted octanol–water partition coefficient (Wildman–Crippen LogP) is 4.60. The van der Waals surface area contributed by atoms with Crippen LogP contribution in [0.1, 0.15) is 46.8 Å². The fourth-order valence-corrected chi connectivity index (χ4v) is 4.97. The topological polar surface area (TPSA) is 86.3 Å². The third-order valence-electron chi connectivity index (χ3n) is 6.63. The second-order valence-electron chi connectivity index (χ2n) is 8.92. The maximum atomic E-state index is 13.9. The lowest BCUT2D eigenvalue weighted by atomic mass is 9.79. The number of benzene rings is 3. The molecule has 0 aliphatic carbocycles. The Balaban J connectivity index is 1.73. The summed E-state index contributed by atoms with van der Waals surface area (Å²) in [6, 6.07) is 19.8. The Kier molecular flexibility index (Phi) is 8.73. The van der Waals surface area contributed by atoms with E-state index in [0.717, 1.165) is 17.7 Å².